The molecule has 3 atom stereocenters. The van der Waals surface area contributed by atoms with E-state index in [0.29, 0.717) is 17.1 Å². The van der Waals surface area contributed by atoms with Crippen molar-refractivity contribution in [1.29, 1.82) is 0 Å². The van der Waals surface area contributed by atoms with Crippen LogP contribution in [-0.2, 0) is 25.5 Å². The van der Waals surface area contributed by atoms with Gasteiger partial charge in [-0.2, -0.15) is 5.10 Å². The molecule has 0 heterocycles. The number of nitrogens with zero attached hydrogens (tertiary/aromatic N) is 1. The summed E-state index contributed by atoms with van der Waals surface area (Å²) in [6.07, 6.45) is 0.590. The third-order valence-corrected chi connectivity index (χ3v) is 5.48. The largest absolute Gasteiger partial charge is 0.467 e. The van der Waals surface area contributed by atoms with E-state index in [1.54, 1.807) is 31.2 Å². The number of hydrogen-bond acceptors (Lipinski definition) is 7. The van der Waals surface area contributed by atoms with Gasteiger partial charge >= 0.3 is 5.97 Å². The van der Waals surface area contributed by atoms with Crippen LogP contribution in [0.25, 0.3) is 0 Å². The number of hydrazone groups is 1. The minimum atomic E-state index is -0.917. The first kappa shape index (κ1) is 28.8. The van der Waals surface area contributed by atoms with Gasteiger partial charge in [0.1, 0.15) is 17.8 Å². The molecule has 5 N–H and O–H groups in total. The second kappa shape index (κ2) is 14.2. The quantitative estimate of drug-likeness (QED) is 0.195. The van der Waals surface area contributed by atoms with E-state index in [1.165, 1.54) is 7.11 Å². The number of nitrogens with two attached hydrogens (primary N) is 1. The molecule has 0 bridgehead atoms. The Balaban J connectivity index is 2.18. The standard InChI is InChI=1S/C26H34ClN5O4/c1-16(2)14-21(24(33)30-22(26(35)36-4)15-18-8-6-5-7-9-18)29-25(34)23(17(3)28)32-31-20-12-10-19(27)11-13-20/h5-13,16-17,21-22,31H,14-15,28H2,1-4H3,(H,29,34)(H,30,33)/b32-23-/t17?,21-,22-/m0/s1. The lowest BCUT2D eigenvalue weighted by molar-refractivity contribution is -0.145. The van der Waals surface area contributed by atoms with Crippen molar-refractivity contribution in [2.45, 2.75) is 51.7 Å². The highest BCUT2D eigenvalue weighted by Gasteiger charge is 2.29. The summed E-state index contributed by atoms with van der Waals surface area (Å²) in [6, 6.07) is 13.5. The molecule has 36 heavy (non-hydrogen) atoms. The summed E-state index contributed by atoms with van der Waals surface area (Å²) in [5.74, 6) is -1.59. The second-order valence-corrected chi connectivity index (χ2v) is 9.27. The number of amides is 2. The fourth-order valence-corrected chi connectivity index (χ4v) is 3.53. The highest BCUT2D eigenvalue weighted by atomic mass is 35.5. The van der Waals surface area contributed by atoms with E-state index in [9.17, 15) is 14.4 Å². The van der Waals surface area contributed by atoms with E-state index in [4.69, 9.17) is 22.1 Å². The maximum absolute atomic E-state index is 13.2. The van der Waals surface area contributed by atoms with Gasteiger partial charge in [0.25, 0.3) is 5.91 Å². The molecule has 0 aliphatic heterocycles. The van der Waals surface area contributed by atoms with Crippen LogP contribution in [0.15, 0.2) is 59.7 Å². The average molecular weight is 516 g/mol. The van der Waals surface area contributed by atoms with Gasteiger partial charge in [-0.15, -0.1) is 0 Å². The monoisotopic (exact) mass is 515 g/mol. The summed E-state index contributed by atoms with van der Waals surface area (Å²) in [7, 11) is 1.26. The number of carbonyl (C=O) groups is 3. The fraction of sp³-hybridized carbons (Fsp3) is 0.385. The van der Waals surface area contributed by atoms with Crippen LogP contribution in [0.1, 0.15) is 32.8 Å². The third kappa shape index (κ3) is 9.31. The zero-order valence-corrected chi connectivity index (χ0v) is 21.7. The minimum absolute atomic E-state index is 0.0142. The van der Waals surface area contributed by atoms with Crippen LogP contribution in [-0.4, -0.2) is 48.7 Å². The lowest BCUT2D eigenvalue weighted by Crippen LogP contribution is -2.55. The molecule has 194 valence electrons. The maximum atomic E-state index is 13.2. The van der Waals surface area contributed by atoms with Gasteiger partial charge in [0, 0.05) is 11.4 Å². The van der Waals surface area contributed by atoms with Gasteiger partial charge in [0.15, 0.2) is 0 Å². The molecule has 0 fully saturated rings. The maximum Gasteiger partial charge on any atom is 0.328 e. The van der Waals surface area contributed by atoms with Crippen LogP contribution in [0.4, 0.5) is 5.69 Å². The molecule has 9 nitrogen and oxygen atoms in total. The van der Waals surface area contributed by atoms with Gasteiger partial charge in [0.05, 0.1) is 18.8 Å². The number of nitrogens with one attached hydrogen (secondary N) is 3. The van der Waals surface area contributed by atoms with Gasteiger partial charge in [-0.1, -0.05) is 55.8 Å². The van der Waals surface area contributed by atoms with Crippen molar-refractivity contribution in [3.63, 3.8) is 0 Å². The molecule has 2 rings (SSSR count). The van der Waals surface area contributed by atoms with E-state index in [-0.39, 0.29) is 18.1 Å². The number of benzene rings is 2. The van der Waals surface area contributed by atoms with Gasteiger partial charge in [-0.25, -0.2) is 4.79 Å². The zero-order chi connectivity index (χ0) is 26.7. The number of hydrogen-bond donors (Lipinski definition) is 4. The molecule has 10 heteroatoms. The zero-order valence-electron chi connectivity index (χ0n) is 21.0. The lowest BCUT2D eigenvalue weighted by Gasteiger charge is -2.24. The molecule has 0 saturated carbocycles. The Morgan fingerprint density at radius 3 is 2.17 bits per heavy atom. The van der Waals surface area contributed by atoms with E-state index in [1.807, 2.05) is 44.2 Å². The van der Waals surface area contributed by atoms with Gasteiger partial charge < -0.3 is 21.1 Å². The summed E-state index contributed by atoms with van der Waals surface area (Å²) in [6.45, 7) is 5.47. The van der Waals surface area contributed by atoms with Crippen molar-refractivity contribution in [3.05, 3.63) is 65.2 Å². The van der Waals surface area contributed by atoms with Crippen LogP contribution in [0.3, 0.4) is 0 Å². The predicted octanol–water partition coefficient (Wildman–Crippen LogP) is 2.89. The van der Waals surface area contributed by atoms with Crippen molar-refractivity contribution in [2.75, 3.05) is 12.5 Å². The normalized spacial score (nSPS) is 13.9. The Hall–Kier alpha value is -3.43. The lowest BCUT2D eigenvalue weighted by atomic mass is 10.0. The molecule has 2 amide bonds. The van der Waals surface area contributed by atoms with Crippen molar-refractivity contribution >= 4 is 40.8 Å². The molecule has 0 aliphatic rings. The molecular weight excluding hydrogens is 482 g/mol. The van der Waals surface area contributed by atoms with Gasteiger partial charge in [-0.3, -0.25) is 15.0 Å². The Kier molecular flexibility index (Phi) is 11.4. The molecular formula is C26H34ClN5O4. The number of esters is 1. The molecule has 0 aromatic heterocycles. The first-order valence-corrected chi connectivity index (χ1v) is 12.1. The second-order valence-electron chi connectivity index (χ2n) is 8.83. The summed E-state index contributed by atoms with van der Waals surface area (Å²) >= 11 is 5.90. The molecule has 0 saturated heterocycles. The molecule has 2 aromatic carbocycles. The first-order valence-electron chi connectivity index (χ1n) is 11.7. The van der Waals surface area contributed by atoms with Gasteiger partial charge in [-0.05, 0) is 49.1 Å². The average Bonchev–Trinajstić information content (AvgIpc) is 2.84. The van der Waals surface area contributed by atoms with E-state index >= 15 is 0 Å². The van der Waals surface area contributed by atoms with Crippen molar-refractivity contribution < 1.29 is 19.1 Å². The smallest absolute Gasteiger partial charge is 0.328 e. The molecule has 2 aromatic rings. The van der Waals surface area contributed by atoms with E-state index < -0.39 is 35.9 Å². The van der Waals surface area contributed by atoms with E-state index in [2.05, 4.69) is 21.2 Å². The van der Waals surface area contributed by atoms with Crippen LogP contribution in [0.5, 0.6) is 0 Å². The van der Waals surface area contributed by atoms with E-state index in [0.717, 1.165) is 5.56 Å². The number of carbonyl (C=O) groups excluding carboxylic acids is 3. The number of anilines is 1. The summed E-state index contributed by atoms with van der Waals surface area (Å²) in [5.41, 5.74) is 10.3. The van der Waals surface area contributed by atoms with Crippen LogP contribution in [0, 0.1) is 5.92 Å². The molecule has 0 radical (unpaired) electrons. The highest BCUT2D eigenvalue weighted by Crippen LogP contribution is 2.13. The summed E-state index contributed by atoms with van der Waals surface area (Å²) in [5, 5.41) is 10.2. The van der Waals surface area contributed by atoms with Crippen molar-refractivity contribution in [1.82, 2.24) is 10.6 Å². The molecule has 0 spiro atoms. The Morgan fingerprint density at radius 1 is 0.972 bits per heavy atom. The summed E-state index contributed by atoms with van der Waals surface area (Å²) in [4.78, 5) is 38.7. The number of ether oxygens (including phenoxy) is 1. The topological polar surface area (TPSA) is 135 Å². The fourth-order valence-electron chi connectivity index (χ4n) is 3.40. The third-order valence-electron chi connectivity index (χ3n) is 5.23. The van der Waals surface area contributed by atoms with Crippen LogP contribution >= 0.6 is 11.6 Å². The Labute approximate surface area is 216 Å². The minimum Gasteiger partial charge on any atom is -0.467 e. The highest BCUT2D eigenvalue weighted by molar-refractivity contribution is 6.41. The van der Waals surface area contributed by atoms with Crippen LogP contribution < -0.4 is 21.8 Å². The molecule has 1 unspecified atom stereocenters. The number of halogens is 1. The SMILES string of the molecule is COC(=O)[C@H](Cc1ccccc1)NC(=O)[C@H](CC(C)C)NC(=O)/C(=N\Nc1ccc(Cl)cc1)C(C)N. The van der Waals surface area contributed by atoms with Crippen molar-refractivity contribution in [2.24, 2.45) is 16.8 Å². The molecule has 0 aliphatic carbocycles. The predicted molar refractivity (Wildman–Crippen MR) is 142 cm³/mol. The number of rotatable bonds is 12. The first-order chi connectivity index (χ1) is 17.1. The van der Waals surface area contributed by atoms with Crippen LogP contribution in [0.2, 0.25) is 5.02 Å². The number of methoxy groups -OCH3 is 1. The van der Waals surface area contributed by atoms with Gasteiger partial charge in [0.2, 0.25) is 5.91 Å². The summed E-state index contributed by atoms with van der Waals surface area (Å²) < 4.78 is 4.89. The Bertz CT molecular complexity index is 1040. The van der Waals surface area contributed by atoms with Crippen molar-refractivity contribution in [3.8, 4) is 0 Å². The Morgan fingerprint density at radius 2 is 1.61 bits per heavy atom.